The van der Waals surface area contributed by atoms with Crippen LogP contribution in [0.15, 0.2) is 42.7 Å². The fourth-order valence-electron chi connectivity index (χ4n) is 3.83. The van der Waals surface area contributed by atoms with E-state index in [1.165, 1.54) is 17.2 Å². The molecule has 0 radical (unpaired) electrons. The number of carboxylic acid groups (broad SMARTS) is 1. The fourth-order valence-corrected chi connectivity index (χ4v) is 3.83. The van der Waals surface area contributed by atoms with E-state index < -0.39 is 12.1 Å². The third-order valence-corrected chi connectivity index (χ3v) is 6.38. The number of aromatic nitrogens is 4. The monoisotopic (exact) mass is 589 g/mol. The lowest BCUT2D eigenvalue weighted by Gasteiger charge is -2.23. The minimum absolute atomic E-state index is 0.223. The first kappa shape index (κ1) is 32.6. The first-order valence-electron chi connectivity index (χ1n) is 14.0. The number of benzene rings is 1. The van der Waals surface area contributed by atoms with Gasteiger partial charge in [0.2, 0.25) is 17.8 Å². The number of nitrogens with one attached hydrogen (secondary N) is 3. The first-order valence-corrected chi connectivity index (χ1v) is 14.0. The maximum absolute atomic E-state index is 12.5. The van der Waals surface area contributed by atoms with Crippen LogP contribution in [0, 0.1) is 11.8 Å². The highest BCUT2D eigenvalue weighted by Gasteiger charge is 2.20. The number of hydrogen-bond acceptors (Lipinski definition) is 9. The molecular weight excluding hydrogens is 550 g/mol. The van der Waals surface area contributed by atoms with Gasteiger partial charge in [0.15, 0.2) is 0 Å². The normalized spacial score (nSPS) is 11.7. The number of rotatable bonds is 13. The Bertz CT molecular complexity index is 1520. The van der Waals surface area contributed by atoms with Crippen molar-refractivity contribution in [1.82, 2.24) is 34.9 Å². The fraction of sp³-hybridized carbons (Fsp3) is 0.400. The Labute approximate surface area is 251 Å². The second kappa shape index (κ2) is 15.9. The van der Waals surface area contributed by atoms with Crippen LogP contribution in [-0.2, 0) is 9.59 Å². The minimum Gasteiger partial charge on any atom is -0.463 e. The SMILES string of the molecule is CCCNc1nc(Nc2ccc3cnn(C(=O)O)c3c2)ncc1C#CCCCNC(=O)C(C)N(C)C(=O)C=CCN(C)C. The zero-order valence-electron chi connectivity index (χ0n) is 25.2. The molecular formula is C30H39N9O4. The standard InChI is InChI=1S/C30H39N9O4/c1-6-15-31-27-23(11-8-7-9-16-32-28(41)21(2)38(5)26(40)12-10-17-37(3)4)19-33-29(36-27)35-24-14-13-22-20-34-39(30(42)43)25(22)18-24/h10,12-14,18-21H,6-7,9,15-17H2,1-5H3,(H,32,41)(H,42,43)(H2,31,33,35,36). The second-order valence-electron chi connectivity index (χ2n) is 10.1. The van der Waals surface area contributed by atoms with Gasteiger partial charge in [-0.1, -0.05) is 24.8 Å². The van der Waals surface area contributed by atoms with Crippen LogP contribution < -0.4 is 16.0 Å². The number of anilines is 3. The van der Waals surface area contributed by atoms with Gasteiger partial charge >= 0.3 is 6.09 Å². The summed E-state index contributed by atoms with van der Waals surface area (Å²) in [5, 5.41) is 23.2. The van der Waals surface area contributed by atoms with E-state index in [0.717, 1.165) is 11.1 Å². The summed E-state index contributed by atoms with van der Waals surface area (Å²) in [4.78, 5) is 48.5. The smallest absolute Gasteiger partial charge is 0.432 e. The Balaban J connectivity index is 1.56. The van der Waals surface area contributed by atoms with Crippen molar-refractivity contribution in [1.29, 1.82) is 0 Å². The maximum Gasteiger partial charge on any atom is 0.432 e. The Morgan fingerprint density at radius 2 is 1.95 bits per heavy atom. The van der Waals surface area contributed by atoms with Crippen molar-refractivity contribution < 1.29 is 19.5 Å². The van der Waals surface area contributed by atoms with Gasteiger partial charge in [0.1, 0.15) is 11.9 Å². The van der Waals surface area contributed by atoms with E-state index in [0.29, 0.717) is 66.4 Å². The second-order valence-corrected chi connectivity index (χ2v) is 10.1. The molecule has 2 amide bonds. The molecule has 1 atom stereocenters. The maximum atomic E-state index is 12.5. The lowest BCUT2D eigenvalue weighted by atomic mass is 10.2. The van der Waals surface area contributed by atoms with Gasteiger partial charge in [0.05, 0.1) is 23.5 Å². The van der Waals surface area contributed by atoms with Gasteiger partial charge in [0.25, 0.3) is 0 Å². The average molecular weight is 590 g/mol. The summed E-state index contributed by atoms with van der Waals surface area (Å²) < 4.78 is 0.909. The molecule has 2 aromatic heterocycles. The molecule has 13 heteroatoms. The number of amides is 2. The van der Waals surface area contributed by atoms with E-state index in [4.69, 9.17) is 0 Å². The summed E-state index contributed by atoms with van der Waals surface area (Å²) in [6.45, 7) is 5.51. The molecule has 0 aliphatic rings. The summed E-state index contributed by atoms with van der Waals surface area (Å²) in [6.07, 6.45) is 7.27. The van der Waals surface area contributed by atoms with Gasteiger partial charge in [-0.15, -0.1) is 0 Å². The zero-order chi connectivity index (χ0) is 31.4. The van der Waals surface area contributed by atoms with Crippen molar-refractivity contribution in [2.45, 2.75) is 39.2 Å². The van der Waals surface area contributed by atoms with Crippen LogP contribution in [0.25, 0.3) is 10.9 Å². The van der Waals surface area contributed by atoms with Gasteiger partial charge in [-0.05, 0) is 52.1 Å². The first-order chi connectivity index (χ1) is 20.6. The van der Waals surface area contributed by atoms with Crippen molar-refractivity contribution in [3.8, 4) is 11.8 Å². The highest BCUT2D eigenvalue weighted by Crippen LogP contribution is 2.22. The molecule has 43 heavy (non-hydrogen) atoms. The molecule has 2 heterocycles. The van der Waals surface area contributed by atoms with Crippen LogP contribution in [0.5, 0.6) is 0 Å². The third-order valence-electron chi connectivity index (χ3n) is 6.38. The van der Waals surface area contributed by atoms with Gasteiger partial charge in [-0.3, -0.25) is 9.59 Å². The Morgan fingerprint density at radius 1 is 1.16 bits per heavy atom. The summed E-state index contributed by atoms with van der Waals surface area (Å²) in [6, 6.07) is 4.64. The van der Waals surface area contributed by atoms with Crippen LogP contribution in [0.4, 0.5) is 22.2 Å². The highest BCUT2D eigenvalue weighted by molar-refractivity contribution is 5.92. The van der Waals surface area contributed by atoms with E-state index in [2.05, 4.69) is 42.9 Å². The quantitative estimate of drug-likeness (QED) is 0.133. The number of unbranched alkanes of at least 4 members (excludes halogenated alkanes) is 1. The molecule has 4 N–H and O–H groups in total. The average Bonchev–Trinajstić information content (AvgIpc) is 3.41. The lowest BCUT2D eigenvalue weighted by Crippen LogP contribution is -2.45. The third kappa shape index (κ3) is 9.54. The van der Waals surface area contributed by atoms with Gasteiger partial charge in [-0.25, -0.2) is 9.78 Å². The molecule has 0 spiro atoms. The van der Waals surface area contributed by atoms with Gasteiger partial charge in [-0.2, -0.15) is 14.8 Å². The summed E-state index contributed by atoms with van der Waals surface area (Å²) in [5.41, 5.74) is 1.70. The lowest BCUT2D eigenvalue weighted by molar-refractivity contribution is -0.135. The molecule has 13 nitrogen and oxygen atoms in total. The number of nitrogens with zero attached hydrogens (tertiary/aromatic N) is 6. The van der Waals surface area contributed by atoms with Gasteiger partial charge < -0.3 is 30.9 Å². The van der Waals surface area contributed by atoms with E-state index in [1.807, 2.05) is 25.9 Å². The number of likely N-dealkylation sites (N-methyl/N-ethyl adjacent to an activating group) is 2. The van der Waals surface area contributed by atoms with Crippen LogP contribution in [0.1, 0.15) is 38.7 Å². The van der Waals surface area contributed by atoms with E-state index >= 15 is 0 Å². The van der Waals surface area contributed by atoms with Crippen LogP contribution in [-0.4, -0.2) is 99.4 Å². The van der Waals surface area contributed by atoms with Crippen molar-refractivity contribution in [2.24, 2.45) is 0 Å². The summed E-state index contributed by atoms with van der Waals surface area (Å²) >= 11 is 0. The topological polar surface area (TPSA) is 158 Å². The van der Waals surface area contributed by atoms with Gasteiger partial charge in [0, 0.05) is 50.3 Å². The predicted octanol–water partition coefficient (Wildman–Crippen LogP) is 3.13. The highest BCUT2D eigenvalue weighted by atomic mass is 16.4. The van der Waals surface area contributed by atoms with Crippen molar-refractivity contribution >= 4 is 46.3 Å². The summed E-state index contributed by atoms with van der Waals surface area (Å²) in [5.74, 6) is 6.69. The number of carbonyl (C=O) groups is 3. The molecule has 0 saturated carbocycles. The van der Waals surface area contributed by atoms with E-state index in [1.54, 1.807) is 44.4 Å². The molecule has 0 saturated heterocycles. The van der Waals surface area contributed by atoms with Crippen LogP contribution >= 0.6 is 0 Å². The van der Waals surface area contributed by atoms with Crippen molar-refractivity contribution in [2.75, 3.05) is 51.4 Å². The van der Waals surface area contributed by atoms with Crippen LogP contribution in [0.2, 0.25) is 0 Å². The van der Waals surface area contributed by atoms with E-state index in [9.17, 15) is 19.5 Å². The number of carbonyl (C=O) groups excluding carboxylic acids is 2. The summed E-state index contributed by atoms with van der Waals surface area (Å²) in [7, 11) is 5.44. The number of fused-ring (bicyclic) bond motifs is 1. The largest absolute Gasteiger partial charge is 0.463 e. The molecule has 0 aliphatic heterocycles. The molecule has 3 rings (SSSR count). The molecule has 0 fully saturated rings. The Kier molecular flexibility index (Phi) is 12.0. The minimum atomic E-state index is -1.17. The molecule has 1 unspecified atom stereocenters. The van der Waals surface area contributed by atoms with Crippen molar-refractivity contribution in [3.05, 3.63) is 48.3 Å². The molecule has 3 aromatic rings. The molecule has 228 valence electrons. The van der Waals surface area contributed by atoms with Crippen molar-refractivity contribution in [3.63, 3.8) is 0 Å². The molecule has 1 aromatic carbocycles. The predicted molar refractivity (Wildman–Crippen MR) is 166 cm³/mol. The number of hydrogen-bond donors (Lipinski definition) is 4. The van der Waals surface area contributed by atoms with E-state index in [-0.39, 0.29) is 11.8 Å². The Morgan fingerprint density at radius 3 is 2.67 bits per heavy atom. The molecule has 0 bridgehead atoms. The molecule has 0 aliphatic carbocycles. The zero-order valence-corrected chi connectivity index (χ0v) is 25.2. The Hall–Kier alpha value is -4.96. The van der Waals surface area contributed by atoms with Crippen LogP contribution in [0.3, 0.4) is 0 Å².